The first kappa shape index (κ1) is 27.8. The lowest BCUT2D eigenvalue weighted by molar-refractivity contribution is 0.623. The van der Waals surface area contributed by atoms with E-state index in [9.17, 15) is 0 Å². The summed E-state index contributed by atoms with van der Waals surface area (Å²) in [6.07, 6.45) is 0. The van der Waals surface area contributed by atoms with Gasteiger partial charge in [-0.15, -0.1) is 0 Å². The summed E-state index contributed by atoms with van der Waals surface area (Å²) in [5.74, 6) is 0.633. The molecule has 3 nitrogen and oxygen atoms in total. The molecule has 0 saturated carbocycles. The van der Waals surface area contributed by atoms with Crippen LogP contribution in [0.25, 0.3) is 66.4 Å². The van der Waals surface area contributed by atoms with Crippen molar-refractivity contribution in [1.29, 1.82) is 0 Å². The van der Waals surface area contributed by atoms with E-state index in [4.69, 9.17) is 9.40 Å². The number of aromatic nitrogens is 1. The Bertz CT molecular complexity index is 2540. The van der Waals surface area contributed by atoms with Gasteiger partial charge < -0.3 is 9.32 Å². The largest absolute Gasteiger partial charge is 0.435 e. The van der Waals surface area contributed by atoms with Crippen molar-refractivity contribution >= 4 is 49.7 Å². The van der Waals surface area contributed by atoms with Crippen molar-refractivity contribution in [1.82, 2.24) is 4.98 Å². The van der Waals surface area contributed by atoms with Gasteiger partial charge in [-0.05, 0) is 99.1 Å². The normalized spacial score (nSPS) is 11.3. The van der Waals surface area contributed by atoms with E-state index in [1.54, 1.807) is 0 Å². The standard InChI is InChI=1S/C45H30N2O/c1-3-11-35(12-4-1)45-46-42-29-24-34-14-9-17-41(43(34)44(42)48-45)33-22-27-40(28-23-33)47(38-15-5-2-6-16-38)39-25-20-32(21-26-39)37-19-18-31-10-7-8-13-36(31)30-37/h1-30H. The molecular formula is C45H30N2O. The molecule has 0 radical (unpaired) electrons. The van der Waals surface area contributed by atoms with E-state index in [1.165, 1.54) is 21.9 Å². The molecule has 9 rings (SSSR count). The van der Waals surface area contributed by atoms with Crippen LogP contribution in [0.15, 0.2) is 186 Å². The Morgan fingerprint density at radius 2 is 0.979 bits per heavy atom. The summed E-state index contributed by atoms with van der Waals surface area (Å²) < 4.78 is 6.45. The van der Waals surface area contributed by atoms with Gasteiger partial charge in [-0.25, -0.2) is 4.98 Å². The number of hydrogen-bond donors (Lipinski definition) is 0. The third-order valence-electron chi connectivity index (χ3n) is 9.08. The lowest BCUT2D eigenvalue weighted by Crippen LogP contribution is -2.09. The fourth-order valence-electron chi connectivity index (χ4n) is 6.69. The minimum atomic E-state index is 0.633. The van der Waals surface area contributed by atoms with Crippen molar-refractivity contribution in [3.05, 3.63) is 182 Å². The van der Waals surface area contributed by atoms with E-state index < -0.39 is 0 Å². The van der Waals surface area contributed by atoms with Crippen LogP contribution in [0.1, 0.15) is 0 Å². The second-order valence-electron chi connectivity index (χ2n) is 12.0. The maximum atomic E-state index is 6.45. The van der Waals surface area contributed by atoms with Crippen molar-refractivity contribution in [3.63, 3.8) is 0 Å². The first-order valence-electron chi connectivity index (χ1n) is 16.2. The van der Waals surface area contributed by atoms with E-state index in [-0.39, 0.29) is 0 Å². The van der Waals surface area contributed by atoms with E-state index in [2.05, 4.69) is 150 Å². The predicted octanol–water partition coefficient (Wildman–Crippen LogP) is 12.6. The summed E-state index contributed by atoms with van der Waals surface area (Å²) in [6.45, 7) is 0. The van der Waals surface area contributed by atoms with Gasteiger partial charge in [0.05, 0.1) is 0 Å². The Labute approximate surface area is 279 Å². The Balaban J connectivity index is 1.10. The topological polar surface area (TPSA) is 29.3 Å². The molecule has 0 unspecified atom stereocenters. The molecule has 3 heteroatoms. The van der Waals surface area contributed by atoms with E-state index >= 15 is 0 Å². The van der Waals surface area contributed by atoms with Crippen LogP contribution in [0.4, 0.5) is 17.1 Å². The van der Waals surface area contributed by atoms with Gasteiger partial charge in [-0.2, -0.15) is 0 Å². The molecular weight excluding hydrogens is 585 g/mol. The SMILES string of the molecule is c1ccc(-c2nc3ccc4cccc(-c5ccc(N(c6ccccc6)c6ccc(-c7ccc8ccccc8c7)cc6)cc5)c4c3o2)cc1. The highest BCUT2D eigenvalue weighted by molar-refractivity contribution is 6.11. The molecule has 0 atom stereocenters. The highest BCUT2D eigenvalue weighted by atomic mass is 16.3. The van der Waals surface area contributed by atoms with E-state index in [1.807, 2.05) is 36.4 Å². The van der Waals surface area contributed by atoms with Crippen LogP contribution >= 0.6 is 0 Å². The average Bonchev–Trinajstić information content (AvgIpc) is 3.61. The van der Waals surface area contributed by atoms with Gasteiger partial charge in [0.15, 0.2) is 5.58 Å². The summed E-state index contributed by atoms with van der Waals surface area (Å²) >= 11 is 0. The molecule has 226 valence electrons. The third kappa shape index (κ3) is 4.99. The van der Waals surface area contributed by atoms with Gasteiger partial charge in [0, 0.05) is 28.0 Å². The molecule has 1 aromatic heterocycles. The summed E-state index contributed by atoms with van der Waals surface area (Å²) in [7, 11) is 0. The highest BCUT2D eigenvalue weighted by Gasteiger charge is 2.17. The maximum Gasteiger partial charge on any atom is 0.227 e. The molecule has 0 amide bonds. The maximum absolute atomic E-state index is 6.45. The minimum Gasteiger partial charge on any atom is -0.435 e. The number of nitrogens with zero attached hydrogens (tertiary/aromatic N) is 2. The fourth-order valence-corrected chi connectivity index (χ4v) is 6.69. The lowest BCUT2D eigenvalue weighted by Gasteiger charge is -2.26. The molecule has 9 aromatic rings. The zero-order chi connectivity index (χ0) is 31.9. The molecule has 0 spiro atoms. The average molecular weight is 615 g/mol. The number of rotatable bonds is 6. The second-order valence-corrected chi connectivity index (χ2v) is 12.0. The molecule has 0 saturated heterocycles. The number of anilines is 3. The van der Waals surface area contributed by atoms with Crippen LogP contribution < -0.4 is 4.90 Å². The van der Waals surface area contributed by atoms with E-state index in [0.29, 0.717) is 5.89 Å². The molecule has 8 aromatic carbocycles. The van der Waals surface area contributed by atoms with Crippen molar-refractivity contribution in [2.24, 2.45) is 0 Å². The van der Waals surface area contributed by atoms with Crippen LogP contribution in [0.5, 0.6) is 0 Å². The van der Waals surface area contributed by atoms with Gasteiger partial charge in [0.1, 0.15) is 5.52 Å². The molecule has 0 aliphatic rings. The molecule has 1 heterocycles. The zero-order valence-corrected chi connectivity index (χ0v) is 26.1. The molecule has 0 aliphatic carbocycles. The first-order chi connectivity index (χ1) is 23.8. The van der Waals surface area contributed by atoms with Crippen LogP contribution in [0.3, 0.4) is 0 Å². The molecule has 0 N–H and O–H groups in total. The number of hydrogen-bond acceptors (Lipinski definition) is 3. The van der Waals surface area contributed by atoms with Crippen molar-refractivity contribution < 1.29 is 4.42 Å². The Morgan fingerprint density at radius 3 is 1.73 bits per heavy atom. The number of fused-ring (bicyclic) bond motifs is 4. The second kappa shape index (κ2) is 11.7. The quantitative estimate of drug-likeness (QED) is 0.187. The Hall–Kier alpha value is -6.45. The van der Waals surface area contributed by atoms with Crippen LogP contribution in [-0.2, 0) is 0 Å². The lowest BCUT2D eigenvalue weighted by atomic mass is 9.97. The van der Waals surface area contributed by atoms with Gasteiger partial charge >= 0.3 is 0 Å². The third-order valence-corrected chi connectivity index (χ3v) is 9.08. The summed E-state index contributed by atoms with van der Waals surface area (Å²) in [5, 5.41) is 4.69. The first-order valence-corrected chi connectivity index (χ1v) is 16.2. The molecule has 0 bridgehead atoms. The number of benzene rings is 8. The smallest absolute Gasteiger partial charge is 0.227 e. The van der Waals surface area contributed by atoms with Gasteiger partial charge in [-0.1, -0.05) is 121 Å². The molecule has 48 heavy (non-hydrogen) atoms. The van der Waals surface area contributed by atoms with Gasteiger partial charge in [-0.3, -0.25) is 0 Å². The number of para-hydroxylation sites is 1. The minimum absolute atomic E-state index is 0.633. The van der Waals surface area contributed by atoms with Crippen LogP contribution in [0, 0.1) is 0 Å². The molecule has 0 aliphatic heterocycles. The van der Waals surface area contributed by atoms with Crippen LogP contribution in [-0.4, -0.2) is 4.98 Å². The van der Waals surface area contributed by atoms with Crippen molar-refractivity contribution in [3.8, 4) is 33.7 Å². The summed E-state index contributed by atoms with van der Waals surface area (Å²) in [6, 6.07) is 64.0. The van der Waals surface area contributed by atoms with Gasteiger partial charge in [0.2, 0.25) is 5.89 Å². The highest BCUT2D eigenvalue weighted by Crippen LogP contribution is 2.40. The van der Waals surface area contributed by atoms with Crippen molar-refractivity contribution in [2.75, 3.05) is 4.90 Å². The fraction of sp³-hybridized carbons (Fsp3) is 0. The predicted molar refractivity (Wildman–Crippen MR) is 200 cm³/mol. The van der Waals surface area contributed by atoms with Crippen LogP contribution in [0.2, 0.25) is 0 Å². The Morgan fingerprint density at radius 1 is 0.396 bits per heavy atom. The van der Waals surface area contributed by atoms with Crippen molar-refractivity contribution in [2.45, 2.75) is 0 Å². The molecule has 0 fully saturated rings. The summed E-state index contributed by atoms with van der Waals surface area (Å²) in [4.78, 5) is 7.14. The van der Waals surface area contributed by atoms with E-state index in [0.717, 1.165) is 55.6 Å². The summed E-state index contributed by atoms with van der Waals surface area (Å²) in [5.41, 5.74) is 10.6. The number of oxazole rings is 1. The van der Waals surface area contributed by atoms with Gasteiger partial charge in [0.25, 0.3) is 0 Å². The monoisotopic (exact) mass is 614 g/mol. The zero-order valence-electron chi connectivity index (χ0n) is 26.1. The Kier molecular flexibility index (Phi) is 6.80.